The molecule has 5 rings (SSSR count). The van der Waals surface area contributed by atoms with Crippen LogP contribution >= 0.6 is 0 Å². The van der Waals surface area contributed by atoms with Crippen LogP contribution in [0.15, 0.2) is 11.6 Å². The molecule has 0 aromatic heterocycles. The minimum atomic E-state index is 0.434. The summed E-state index contributed by atoms with van der Waals surface area (Å²) in [5, 5.41) is 0. The van der Waals surface area contributed by atoms with Crippen molar-refractivity contribution in [2.24, 2.45) is 50.2 Å². The zero-order valence-electron chi connectivity index (χ0n) is 21.6. The van der Waals surface area contributed by atoms with Crippen molar-refractivity contribution < 1.29 is 0 Å². The van der Waals surface area contributed by atoms with Crippen LogP contribution in [0.1, 0.15) is 126 Å². The van der Waals surface area contributed by atoms with E-state index in [0.717, 1.165) is 17.8 Å². The van der Waals surface area contributed by atoms with Gasteiger partial charge in [0.2, 0.25) is 0 Å². The van der Waals surface area contributed by atoms with Crippen molar-refractivity contribution in [1.29, 1.82) is 0 Å². The van der Waals surface area contributed by atoms with E-state index in [0.29, 0.717) is 32.5 Å². The normalized spacial score (nSPS) is 54.1. The summed E-state index contributed by atoms with van der Waals surface area (Å²) in [5.74, 6) is 2.65. The Labute approximate surface area is 188 Å². The van der Waals surface area contributed by atoms with Gasteiger partial charge in [-0.1, -0.05) is 73.5 Å². The Kier molecular flexibility index (Phi) is 4.46. The lowest BCUT2D eigenvalue weighted by atomic mass is 9.34. The smallest absolute Gasteiger partial charge is 0.00566 e. The van der Waals surface area contributed by atoms with Crippen LogP contribution in [-0.2, 0) is 0 Å². The zero-order valence-corrected chi connectivity index (χ0v) is 21.6. The molecule has 30 heavy (non-hydrogen) atoms. The second kappa shape index (κ2) is 6.20. The average molecular weight is 411 g/mol. The Morgan fingerprint density at radius 3 is 2.17 bits per heavy atom. The van der Waals surface area contributed by atoms with Gasteiger partial charge in [0.15, 0.2) is 0 Å². The average Bonchev–Trinajstić information content (AvgIpc) is 2.64. The largest absolute Gasteiger partial charge is 0.0841 e. The highest BCUT2D eigenvalue weighted by atomic mass is 14.7. The molecule has 0 saturated heterocycles. The third-order valence-corrected chi connectivity index (χ3v) is 12.8. The van der Waals surface area contributed by atoms with E-state index in [1.165, 1.54) is 70.6 Å². The van der Waals surface area contributed by atoms with Gasteiger partial charge in [-0.3, -0.25) is 0 Å². The highest BCUT2D eigenvalue weighted by Crippen LogP contribution is 2.75. The Morgan fingerprint density at radius 2 is 1.43 bits per heavy atom. The van der Waals surface area contributed by atoms with Crippen LogP contribution in [0, 0.1) is 50.2 Å². The molecule has 170 valence electrons. The van der Waals surface area contributed by atoms with E-state index in [-0.39, 0.29) is 0 Å². The minimum absolute atomic E-state index is 0.434. The number of hydrogen-bond acceptors (Lipinski definition) is 0. The molecule has 5 aliphatic carbocycles. The summed E-state index contributed by atoms with van der Waals surface area (Å²) in [6, 6.07) is 0. The SMILES string of the molecule is CC1(C)CC[C@]2(C)CC[C@]3(C)C4=CCC5C(C)(C)CCC[C@]5(C)C4CC[C@@]3(C)C2C1. The van der Waals surface area contributed by atoms with Crippen molar-refractivity contribution >= 4 is 0 Å². The van der Waals surface area contributed by atoms with E-state index < -0.39 is 0 Å². The van der Waals surface area contributed by atoms with Crippen LogP contribution in [0.5, 0.6) is 0 Å². The van der Waals surface area contributed by atoms with Gasteiger partial charge in [0.05, 0.1) is 0 Å². The summed E-state index contributed by atoms with van der Waals surface area (Å²) in [6.07, 6.45) is 18.8. The molecule has 0 spiro atoms. The molecule has 0 nitrogen and oxygen atoms in total. The Bertz CT molecular complexity index is 754. The lowest BCUT2D eigenvalue weighted by Crippen LogP contribution is -2.62. The van der Waals surface area contributed by atoms with Crippen molar-refractivity contribution in [3.63, 3.8) is 0 Å². The van der Waals surface area contributed by atoms with Gasteiger partial charge in [-0.05, 0) is 114 Å². The van der Waals surface area contributed by atoms with Crippen molar-refractivity contribution in [3.05, 3.63) is 11.6 Å². The van der Waals surface area contributed by atoms with Gasteiger partial charge in [-0.2, -0.15) is 0 Å². The summed E-state index contributed by atoms with van der Waals surface area (Å²) < 4.78 is 0. The van der Waals surface area contributed by atoms with Crippen LogP contribution in [0.2, 0.25) is 0 Å². The maximum atomic E-state index is 2.83. The fraction of sp³-hybridized carbons (Fsp3) is 0.933. The summed E-state index contributed by atoms with van der Waals surface area (Å²) in [5.41, 5.74) is 5.06. The maximum absolute atomic E-state index is 2.83. The van der Waals surface area contributed by atoms with E-state index in [9.17, 15) is 0 Å². The molecular formula is C30H50. The number of fused-ring (bicyclic) bond motifs is 7. The van der Waals surface area contributed by atoms with Gasteiger partial charge in [0, 0.05) is 0 Å². The highest BCUT2D eigenvalue weighted by Gasteiger charge is 2.66. The first-order valence-electron chi connectivity index (χ1n) is 13.5. The first kappa shape index (κ1) is 21.6. The maximum Gasteiger partial charge on any atom is -0.00566 e. The van der Waals surface area contributed by atoms with Gasteiger partial charge in [-0.25, -0.2) is 0 Å². The predicted molar refractivity (Wildman–Crippen MR) is 129 cm³/mol. The first-order valence-corrected chi connectivity index (χ1v) is 13.5. The second-order valence-electron chi connectivity index (χ2n) is 15.2. The predicted octanol–water partition coefficient (Wildman–Crippen LogP) is 9.20. The van der Waals surface area contributed by atoms with Crippen LogP contribution in [0.4, 0.5) is 0 Å². The molecule has 0 heteroatoms. The third kappa shape index (κ3) is 2.64. The van der Waals surface area contributed by atoms with E-state index in [4.69, 9.17) is 0 Å². The molecule has 7 atom stereocenters. The molecule has 0 heterocycles. The quantitative estimate of drug-likeness (QED) is 0.349. The van der Waals surface area contributed by atoms with Gasteiger partial charge in [0.1, 0.15) is 0 Å². The first-order chi connectivity index (χ1) is 13.8. The molecule has 0 radical (unpaired) electrons. The summed E-state index contributed by atoms with van der Waals surface area (Å²) in [7, 11) is 0. The van der Waals surface area contributed by atoms with Gasteiger partial charge < -0.3 is 0 Å². The molecule has 3 unspecified atom stereocenters. The molecule has 4 fully saturated rings. The zero-order chi connectivity index (χ0) is 21.8. The standard InChI is InChI=1S/C30H50/c1-25(2)16-17-27(5)18-19-29(7)22-10-11-23-26(3,4)13-9-14-28(23,6)21(22)12-15-30(29,8)24(27)20-25/h10,21,23-24H,9,11-20H2,1-8H3/t21?,23?,24?,27-,28-,29-,30+/m1/s1. The highest BCUT2D eigenvalue weighted by molar-refractivity contribution is 5.33. The van der Waals surface area contributed by atoms with Crippen LogP contribution in [-0.4, -0.2) is 0 Å². The van der Waals surface area contributed by atoms with Crippen LogP contribution in [0.25, 0.3) is 0 Å². The third-order valence-electron chi connectivity index (χ3n) is 12.8. The molecule has 0 aromatic rings. The minimum Gasteiger partial charge on any atom is -0.0841 e. The monoisotopic (exact) mass is 410 g/mol. The molecule has 0 aromatic carbocycles. The summed E-state index contributed by atoms with van der Waals surface area (Å²) >= 11 is 0. The molecular weight excluding hydrogens is 360 g/mol. The molecule has 0 aliphatic heterocycles. The lowest BCUT2D eigenvalue weighted by Gasteiger charge is -2.71. The van der Waals surface area contributed by atoms with E-state index >= 15 is 0 Å². The topological polar surface area (TPSA) is 0 Å². The van der Waals surface area contributed by atoms with E-state index in [2.05, 4.69) is 61.5 Å². The van der Waals surface area contributed by atoms with E-state index in [1.54, 1.807) is 0 Å². The lowest BCUT2D eigenvalue weighted by molar-refractivity contribution is -0.170. The Hall–Kier alpha value is -0.260. The molecule has 4 saturated carbocycles. The van der Waals surface area contributed by atoms with E-state index in [1.807, 2.05) is 5.57 Å². The van der Waals surface area contributed by atoms with Crippen molar-refractivity contribution in [2.45, 2.75) is 126 Å². The van der Waals surface area contributed by atoms with Crippen LogP contribution < -0.4 is 0 Å². The fourth-order valence-electron chi connectivity index (χ4n) is 10.6. The molecule has 5 aliphatic rings. The van der Waals surface area contributed by atoms with Crippen molar-refractivity contribution in [1.82, 2.24) is 0 Å². The van der Waals surface area contributed by atoms with Gasteiger partial charge in [0.25, 0.3) is 0 Å². The summed E-state index contributed by atoms with van der Waals surface area (Å²) in [4.78, 5) is 0. The second-order valence-corrected chi connectivity index (χ2v) is 15.2. The van der Waals surface area contributed by atoms with Gasteiger partial charge >= 0.3 is 0 Å². The number of hydrogen-bond donors (Lipinski definition) is 0. The van der Waals surface area contributed by atoms with Crippen LogP contribution in [0.3, 0.4) is 0 Å². The van der Waals surface area contributed by atoms with Crippen molar-refractivity contribution in [3.8, 4) is 0 Å². The molecule has 0 bridgehead atoms. The fourth-order valence-corrected chi connectivity index (χ4v) is 10.6. The summed E-state index contributed by atoms with van der Waals surface area (Å²) in [6.45, 7) is 21.2. The molecule has 0 N–H and O–H groups in total. The molecule has 0 amide bonds. The Morgan fingerprint density at radius 1 is 0.733 bits per heavy atom. The number of rotatable bonds is 0. The van der Waals surface area contributed by atoms with Gasteiger partial charge in [-0.15, -0.1) is 0 Å². The number of allylic oxidation sites excluding steroid dienone is 2. The Balaban J connectivity index is 1.57. The van der Waals surface area contributed by atoms with Crippen molar-refractivity contribution in [2.75, 3.05) is 0 Å².